The second kappa shape index (κ2) is 7.32. The molecule has 0 saturated heterocycles. The summed E-state index contributed by atoms with van der Waals surface area (Å²) < 4.78 is 3.71. The van der Waals surface area contributed by atoms with Crippen LogP contribution in [0.2, 0.25) is 0 Å². The van der Waals surface area contributed by atoms with Crippen LogP contribution in [0.5, 0.6) is 0 Å². The molecule has 3 aromatic heterocycles. The van der Waals surface area contributed by atoms with Crippen LogP contribution in [0, 0.1) is 11.7 Å². The molecule has 0 amide bonds. The van der Waals surface area contributed by atoms with E-state index in [2.05, 4.69) is 20.3 Å². The third-order valence-electron chi connectivity index (χ3n) is 4.41. The fourth-order valence-electron chi connectivity index (χ4n) is 3.00. The van der Waals surface area contributed by atoms with E-state index in [-0.39, 0.29) is 5.43 Å². The van der Waals surface area contributed by atoms with Gasteiger partial charge >= 0.3 is 0 Å². The highest BCUT2D eigenvalue weighted by Gasteiger charge is 2.17. The number of nitrogens with one attached hydrogen (secondary N) is 1. The van der Waals surface area contributed by atoms with E-state index in [1.54, 1.807) is 18.5 Å². The third kappa shape index (κ3) is 3.18. The van der Waals surface area contributed by atoms with Gasteiger partial charge in [-0.05, 0) is 43.8 Å². The van der Waals surface area contributed by atoms with E-state index in [9.17, 15) is 4.79 Å². The van der Waals surface area contributed by atoms with Crippen molar-refractivity contribution < 1.29 is 0 Å². The Labute approximate surface area is 166 Å². The number of aromatic amines is 1. The molecule has 1 aromatic carbocycles. The quantitative estimate of drug-likeness (QED) is 0.427. The summed E-state index contributed by atoms with van der Waals surface area (Å²) in [4.78, 5) is 17.7. The Morgan fingerprint density at radius 3 is 2.75 bits per heavy atom. The molecule has 0 fully saturated rings. The van der Waals surface area contributed by atoms with Crippen LogP contribution in [0.4, 0.5) is 0 Å². The van der Waals surface area contributed by atoms with Crippen LogP contribution < -0.4 is 5.43 Å². The smallest absolute Gasteiger partial charge is 0.216 e. The number of rotatable bonds is 4. The van der Waals surface area contributed by atoms with Gasteiger partial charge in [0.15, 0.2) is 5.82 Å². The number of hydrogen-bond acceptors (Lipinski definition) is 5. The average molecular weight is 390 g/mol. The fraction of sp³-hybridized carbons (Fsp3) is 0.150. The maximum Gasteiger partial charge on any atom is 0.216 e. The number of aromatic nitrogens is 5. The maximum atomic E-state index is 13.1. The average Bonchev–Trinajstić information content (AvgIpc) is 3.07. The molecule has 0 spiro atoms. The van der Waals surface area contributed by atoms with Gasteiger partial charge in [0.05, 0.1) is 17.2 Å². The van der Waals surface area contributed by atoms with Gasteiger partial charge < -0.3 is 4.57 Å². The van der Waals surface area contributed by atoms with E-state index in [1.807, 2.05) is 54.8 Å². The predicted molar refractivity (Wildman–Crippen MR) is 112 cm³/mol. The summed E-state index contributed by atoms with van der Waals surface area (Å²) >= 11 is 5.32. The summed E-state index contributed by atoms with van der Waals surface area (Å²) in [7, 11) is 0. The Morgan fingerprint density at radius 2 is 2.00 bits per heavy atom. The normalized spacial score (nSPS) is 11.5. The predicted octanol–water partition coefficient (Wildman–Crippen LogP) is 3.53. The van der Waals surface area contributed by atoms with Crippen LogP contribution in [-0.2, 0) is 6.54 Å². The molecule has 0 atom stereocenters. The lowest BCUT2D eigenvalue weighted by atomic mass is 10.1. The van der Waals surface area contributed by atoms with Crippen molar-refractivity contribution in [2.75, 3.05) is 0 Å². The highest BCUT2D eigenvalue weighted by molar-refractivity contribution is 7.71. The molecular weight excluding hydrogens is 372 g/mol. The molecule has 0 unspecified atom stereocenters. The molecule has 8 heteroatoms. The molecule has 0 aliphatic carbocycles. The molecule has 0 bridgehead atoms. The van der Waals surface area contributed by atoms with E-state index in [0.717, 1.165) is 11.3 Å². The van der Waals surface area contributed by atoms with Crippen LogP contribution >= 0.6 is 12.2 Å². The monoisotopic (exact) mass is 390 g/mol. The van der Waals surface area contributed by atoms with Crippen LogP contribution in [0.3, 0.4) is 0 Å². The largest absolute Gasteiger partial charge is 0.332 e. The first-order valence-electron chi connectivity index (χ1n) is 8.86. The van der Waals surface area contributed by atoms with Crippen LogP contribution in [0.1, 0.15) is 18.2 Å². The lowest BCUT2D eigenvalue weighted by molar-refractivity contribution is 0.773. The van der Waals surface area contributed by atoms with E-state index in [0.29, 0.717) is 33.7 Å². The van der Waals surface area contributed by atoms with Crippen LogP contribution in [-0.4, -0.2) is 30.6 Å². The summed E-state index contributed by atoms with van der Waals surface area (Å²) in [5, 5.41) is 12.0. The zero-order chi connectivity index (χ0) is 19.7. The lowest BCUT2D eigenvalue weighted by Gasteiger charge is -2.11. The Bertz CT molecular complexity index is 1300. The molecule has 0 aliphatic rings. The zero-order valence-electron chi connectivity index (χ0n) is 15.5. The lowest BCUT2D eigenvalue weighted by Crippen LogP contribution is -2.15. The van der Waals surface area contributed by atoms with Crippen molar-refractivity contribution in [3.8, 4) is 11.4 Å². The summed E-state index contributed by atoms with van der Waals surface area (Å²) in [5.74, 6) is 0.367. The number of nitrogens with zero attached hydrogens (tertiary/aromatic N) is 5. The minimum Gasteiger partial charge on any atom is -0.332 e. The van der Waals surface area contributed by atoms with Gasteiger partial charge in [-0.2, -0.15) is 14.9 Å². The Kier molecular flexibility index (Phi) is 4.70. The summed E-state index contributed by atoms with van der Waals surface area (Å²) in [6.07, 6.45) is 3.44. The summed E-state index contributed by atoms with van der Waals surface area (Å²) in [6, 6.07) is 13.3. The van der Waals surface area contributed by atoms with Crippen molar-refractivity contribution in [3.05, 3.63) is 74.9 Å². The second-order valence-electron chi connectivity index (χ2n) is 6.30. The topological polar surface area (TPSA) is 80.9 Å². The first kappa shape index (κ1) is 18.0. The Balaban J connectivity index is 1.91. The number of hydrogen-bond donors (Lipinski definition) is 1. The van der Waals surface area contributed by atoms with Crippen molar-refractivity contribution in [2.24, 2.45) is 5.10 Å². The zero-order valence-corrected chi connectivity index (χ0v) is 16.3. The van der Waals surface area contributed by atoms with Gasteiger partial charge in [0.1, 0.15) is 5.65 Å². The number of H-pyrrole nitrogens is 1. The summed E-state index contributed by atoms with van der Waals surface area (Å²) in [6.45, 7) is 4.57. The summed E-state index contributed by atoms with van der Waals surface area (Å²) in [5.41, 5.74) is 2.69. The molecule has 4 aromatic rings. The van der Waals surface area contributed by atoms with E-state index in [4.69, 9.17) is 12.2 Å². The first-order chi connectivity index (χ1) is 13.6. The van der Waals surface area contributed by atoms with Gasteiger partial charge in [0.25, 0.3) is 0 Å². The number of aryl methyl sites for hydroxylation is 2. The Hall–Kier alpha value is -3.39. The Morgan fingerprint density at radius 1 is 1.21 bits per heavy atom. The van der Waals surface area contributed by atoms with Crippen molar-refractivity contribution in [2.45, 2.75) is 20.4 Å². The van der Waals surface area contributed by atoms with Crippen LogP contribution in [0.25, 0.3) is 22.4 Å². The van der Waals surface area contributed by atoms with Crippen LogP contribution in [0.15, 0.2) is 58.6 Å². The standard InChI is InChI=1S/C20H18N6OS/c1-3-25-12-16(17(27)15-10-9-13(2)22-18(15)25)19-23-24-20(28)26(19)21-11-14-7-5-4-6-8-14/h4-12H,3H2,1-2H3,(H,24,28)/b21-11+. The van der Waals surface area contributed by atoms with Gasteiger partial charge in [-0.15, -0.1) is 0 Å². The third-order valence-corrected chi connectivity index (χ3v) is 4.68. The molecule has 4 rings (SSSR count). The molecule has 28 heavy (non-hydrogen) atoms. The molecule has 3 heterocycles. The van der Waals surface area contributed by atoms with Crippen molar-refractivity contribution in [1.29, 1.82) is 0 Å². The minimum absolute atomic E-state index is 0.155. The molecule has 140 valence electrons. The highest BCUT2D eigenvalue weighted by atomic mass is 32.1. The second-order valence-corrected chi connectivity index (χ2v) is 6.69. The molecule has 1 N–H and O–H groups in total. The molecular formula is C20H18N6OS. The SMILES string of the molecule is CCn1cc(-c2n[nH]c(=S)n2/N=C/c2ccccc2)c(=O)c2ccc(C)nc21. The van der Waals surface area contributed by atoms with E-state index < -0.39 is 0 Å². The first-order valence-corrected chi connectivity index (χ1v) is 9.27. The van der Waals surface area contributed by atoms with Crippen molar-refractivity contribution in [3.63, 3.8) is 0 Å². The molecule has 7 nitrogen and oxygen atoms in total. The van der Waals surface area contributed by atoms with E-state index in [1.165, 1.54) is 4.68 Å². The molecule has 0 radical (unpaired) electrons. The van der Waals surface area contributed by atoms with Gasteiger partial charge in [-0.1, -0.05) is 30.3 Å². The number of fused-ring (bicyclic) bond motifs is 1. The fourth-order valence-corrected chi connectivity index (χ4v) is 3.18. The molecule has 0 aliphatic heterocycles. The molecule has 0 saturated carbocycles. The number of pyridine rings is 2. The van der Waals surface area contributed by atoms with Gasteiger partial charge in [-0.25, -0.2) is 10.1 Å². The number of benzene rings is 1. The van der Waals surface area contributed by atoms with E-state index >= 15 is 0 Å². The minimum atomic E-state index is -0.155. The highest BCUT2D eigenvalue weighted by Crippen LogP contribution is 2.18. The van der Waals surface area contributed by atoms with Crippen molar-refractivity contribution in [1.82, 2.24) is 24.4 Å². The van der Waals surface area contributed by atoms with Gasteiger partial charge in [0, 0.05) is 18.4 Å². The maximum absolute atomic E-state index is 13.1. The van der Waals surface area contributed by atoms with Crippen molar-refractivity contribution >= 4 is 29.5 Å². The van der Waals surface area contributed by atoms with Gasteiger partial charge in [0.2, 0.25) is 10.2 Å². The van der Waals surface area contributed by atoms with Gasteiger partial charge in [-0.3, -0.25) is 4.79 Å².